The fourth-order valence-electron chi connectivity index (χ4n) is 2.39. The van der Waals surface area contributed by atoms with Crippen molar-refractivity contribution in [1.29, 1.82) is 0 Å². The summed E-state index contributed by atoms with van der Waals surface area (Å²) in [6, 6.07) is 9.39. The number of carbonyl (C=O) groups excluding carboxylic acids is 1. The van der Waals surface area contributed by atoms with E-state index in [1.807, 2.05) is 38.2 Å². The Balaban J connectivity index is 1.71. The van der Waals surface area contributed by atoms with Crippen molar-refractivity contribution in [3.63, 3.8) is 0 Å². The van der Waals surface area contributed by atoms with Crippen molar-refractivity contribution in [2.75, 3.05) is 13.6 Å². The number of hydrogen-bond donors (Lipinski definition) is 0. The van der Waals surface area contributed by atoms with E-state index in [2.05, 4.69) is 15.0 Å². The first-order chi connectivity index (χ1) is 11.6. The summed E-state index contributed by atoms with van der Waals surface area (Å²) in [7, 11) is 1.81. The van der Waals surface area contributed by atoms with E-state index in [9.17, 15) is 4.79 Å². The summed E-state index contributed by atoms with van der Waals surface area (Å²) in [6.07, 6.45) is 4.17. The lowest BCUT2D eigenvalue weighted by molar-refractivity contribution is 0.0796. The predicted molar refractivity (Wildman–Crippen MR) is 95.0 cm³/mol. The zero-order chi connectivity index (χ0) is 16.9. The molecule has 0 unspecified atom stereocenters. The number of amides is 1. The molecule has 3 aromatic heterocycles. The van der Waals surface area contributed by atoms with Gasteiger partial charge in [-0.3, -0.25) is 14.8 Å². The van der Waals surface area contributed by atoms with Gasteiger partial charge in [0.2, 0.25) is 0 Å². The van der Waals surface area contributed by atoms with Crippen LogP contribution in [0.3, 0.4) is 0 Å². The van der Waals surface area contributed by atoms with Crippen LogP contribution in [0.5, 0.6) is 0 Å². The molecule has 24 heavy (non-hydrogen) atoms. The Morgan fingerprint density at radius 1 is 1.17 bits per heavy atom. The Morgan fingerprint density at radius 2 is 2.04 bits per heavy atom. The number of carbonyl (C=O) groups is 1. The topological polar surface area (TPSA) is 59.0 Å². The Labute approximate surface area is 145 Å². The molecule has 3 rings (SSSR count). The molecule has 0 fully saturated rings. The fourth-order valence-corrected chi connectivity index (χ4v) is 3.16. The summed E-state index contributed by atoms with van der Waals surface area (Å²) in [4.78, 5) is 28.3. The van der Waals surface area contributed by atoms with Crippen LogP contribution in [0.25, 0.3) is 10.6 Å². The van der Waals surface area contributed by atoms with Crippen molar-refractivity contribution in [3.8, 4) is 10.6 Å². The second kappa shape index (κ2) is 7.31. The molecule has 3 aromatic rings. The van der Waals surface area contributed by atoms with Crippen molar-refractivity contribution in [2.45, 2.75) is 13.3 Å². The third kappa shape index (κ3) is 3.65. The van der Waals surface area contributed by atoms with Crippen LogP contribution in [0, 0.1) is 6.92 Å². The van der Waals surface area contributed by atoms with Crippen molar-refractivity contribution in [3.05, 3.63) is 65.2 Å². The van der Waals surface area contributed by atoms with E-state index in [-0.39, 0.29) is 5.91 Å². The normalized spacial score (nSPS) is 10.6. The number of likely N-dealkylation sites (N-methyl/N-ethyl adjacent to an activating group) is 1. The minimum atomic E-state index is -0.0169. The highest BCUT2D eigenvalue weighted by molar-refractivity contribution is 7.13. The maximum atomic E-state index is 12.6. The van der Waals surface area contributed by atoms with Crippen LogP contribution in [0.1, 0.15) is 21.7 Å². The number of aryl methyl sites for hydroxylation is 1. The fraction of sp³-hybridized carbons (Fsp3) is 0.222. The third-order valence-corrected chi connectivity index (χ3v) is 4.71. The first-order valence-electron chi connectivity index (χ1n) is 7.67. The maximum Gasteiger partial charge on any atom is 0.253 e. The second-order valence-corrected chi connectivity index (χ2v) is 6.35. The second-order valence-electron chi connectivity index (χ2n) is 5.49. The Hall–Kier alpha value is -2.60. The van der Waals surface area contributed by atoms with Gasteiger partial charge in [-0.2, -0.15) is 0 Å². The van der Waals surface area contributed by atoms with Crippen LogP contribution in [0.15, 0.2) is 48.2 Å². The molecule has 6 heteroatoms. The van der Waals surface area contributed by atoms with E-state index in [0.717, 1.165) is 28.4 Å². The summed E-state index contributed by atoms with van der Waals surface area (Å²) in [5.41, 5.74) is 5.13. The quantitative estimate of drug-likeness (QED) is 0.717. The van der Waals surface area contributed by atoms with Gasteiger partial charge >= 0.3 is 0 Å². The molecular formula is C18H18N4OS. The molecule has 0 aliphatic rings. The van der Waals surface area contributed by atoms with E-state index in [1.165, 1.54) is 11.3 Å². The van der Waals surface area contributed by atoms with Gasteiger partial charge in [0.25, 0.3) is 5.91 Å². The van der Waals surface area contributed by atoms with Gasteiger partial charge in [-0.25, -0.2) is 4.98 Å². The predicted octanol–water partition coefficient (Wildman–Crippen LogP) is 3.22. The van der Waals surface area contributed by atoms with E-state index < -0.39 is 0 Å². The molecule has 3 heterocycles. The van der Waals surface area contributed by atoms with E-state index in [0.29, 0.717) is 12.1 Å². The average molecular weight is 338 g/mol. The number of nitrogens with zero attached hydrogens (tertiary/aromatic N) is 4. The SMILES string of the molecule is Cc1ncsc1-c1cc(C(=O)N(C)CCc2ccccn2)ccn1. The Kier molecular flexibility index (Phi) is 4.96. The first-order valence-corrected chi connectivity index (χ1v) is 8.55. The summed E-state index contributed by atoms with van der Waals surface area (Å²) in [6.45, 7) is 2.56. The van der Waals surface area contributed by atoms with Crippen molar-refractivity contribution >= 4 is 17.2 Å². The average Bonchev–Trinajstić information content (AvgIpc) is 3.06. The maximum absolute atomic E-state index is 12.6. The molecular weight excluding hydrogens is 320 g/mol. The number of hydrogen-bond acceptors (Lipinski definition) is 5. The summed E-state index contributed by atoms with van der Waals surface area (Å²) < 4.78 is 0. The minimum absolute atomic E-state index is 0.0169. The van der Waals surface area contributed by atoms with Crippen LogP contribution < -0.4 is 0 Å². The lowest BCUT2D eigenvalue weighted by Crippen LogP contribution is -2.29. The monoisotopic (exact) mass is 338 g/mol. The van der Waals surface area contributed by atoms with E-state index >= 15 is 0 Å². The van der Waals surface area contributed by atoms with Gasteiger partial charge in [0.05, 0.1) is 21.8 Å². The highest BCUT2D eigenvalue weighted by Gasteiger charge is 2.14. The lowest BCUT2D eigenvalue weighted by Gasteiger charge is -2.17. The standard InChI is InChI=1S/C18H18N4OS/c1-13-17(24-12-21-13)16-11-14(6-9-20-16)18(23)22(2)10-7-15-5-3-4-8-19-15/h3-6,8-9,11-12H,7,10H2,1-2H3. The van der Waals surface area contributed by atoms with Crippen LogP contribution >= 0.6 is 11.3 Å². The van der Waals surface area contributed by atoms with Crippen LogP contribution in [0.2, 0.25) is 0 Å². The van der Waals surface area contributed by atoms with Gasteiger partial charge in [-0.05, 0) is 31.2 Å². The van der Waals surface area contributed by atoms with Crippen LogP contribution in [0.4, 0.5) is 0 Å². The molecule has 0 aliphatic carbocycles. The van der Waals surface area contributed by atoms with Crippen LogP contribution in [-0.2, 0) is 6.42 Å². The molecule has 0 saturated carbocycles. The van der Waals surface area contributed by atoms with Gasteiger partial charge in [-0.15, -0.1) is 11.3 Å². The largest absolute Gasteiger partial charge is 0.341 e. The molecule has 122 valence electrons. The molecule has 0 N–H and O–H groups in total. The highest BCUT2D eigenvalue weighted by Crippen LogP contribution is 2.25. The molecule has 0 radical (unpaired) electrons. The molecule has 0 spiro atoms. The van der Waals surface area contributed by atoms with Crippen molar-refractivity contribution < 1.29 is 4.79 Å². The summed E-state index contributed by atoms with van der Waals surface area (Å²) in [5.74, 6) is -0.0169. The van der Waals surface area contributed by atoms with Crippen molar-refractivity contribution in [1.82, 2.24) is 19.9 Å². The Morgan fingerprint density at radius 3 is 2.75 bits per heavy atom. The van der Waals surface area contributed by atoms with Crippen LogP contribution in [-0.4, -0.2) is 39.4 Å². The number of aromatic nitrogens is 3. The minimum Gasteiger partial charge on any atom is -0.341 e. The highest BCUT2D eigenvalue weighted by atomic mass is 32.1. The van der Waals surface area contributed by atoms with Gasteiger partial charge in [0.15, 0.2) is 0 Å². The zero-order valence-electron chi connectivity index (χ0n) is 13.6. The van der Waals surface area contributed by atoms with E-state index in [1.54, 1.807) is 28.9 Å². The lowest BCUT2D eigenvalue weighted by atomic mass is 10.1. The van der Waals surface area contributed by atoms with Gasteiger partial charge < -0.3 is 4.90 Å². The first kappa shape index (κ1) is 16.3. The number of pyridine rings is 2. The Bertz CT molecular complexity index is 832. The smallest absolute Gasteiger partial charge is 0.253 e. The molecule has 5 nitrogen and oxygen atoms in total. The van der Waals surface area contributed by atoms with Gasteiger partial charge in [0, 0.05) is 43.7 Å². The molecule has 0 aliphatic heterocycles. The third-order valence-electron chi connectivity index (χ3n) is 3.76. The zero-order valence-corrected chi connectivity index (χ0v) is 14.5. The summed E-state index contributed by atoms with van der Waals surface area (Å²) >= 11 is 1.53. The molecule has 1 amide bonds. The van der Waals surface area contributed by atoms with Gasteiger partial charge in [-0.1, -0.05) is 6.07 Å². The number of rotatable bonds is 5. The van der Waals surface area contributed by atoms with Gasteiger partial charge in [0.1, 0.15) is 0 Å². The van der Waals surface area contributed by atoms with E-state index in [4.69, 9.17) is 0 Å². The molecule has 0 bridgehead atoms. The summed E-state index contributed by atoms with van der Waals surface area (Å²) in [5, 5.41) is 0. The molecule has 0 aromatic carbocycles. The number of thiazole rings is 1. The molecule has 0 saturated heterocycles. The van der Waals surface area contributed by atoms with Crippen molar-refractivity contribution in [2.24, 2.45) is 0 Å². The molecule has 0 atom stereocenters.